The monoisotopic (exact) mass is 266 g/mol. The van der Waals surface area contributed by atoms with E-state index in [1.54, 1.807) is 6.92 Å². The smallest absolute Gasteiger partial charge is 0.329 e. The highest BCUT2D eigenvalue weighted by atomic mass is 16.4. The quantitative estimate of drug-likeness (QED) is 0.815. The van der Waals surface area contributed by atoms with Crippen molar-refractivity contribution in [2.75, 3.05) is 13.1 Å². The standard InChI is InChI=1S/C14H22N2O3/c1-13(11(17)18)5-2-8-16(13)12(19)15-9-14(6-7-14)10-3-4-10/h10H,2-9H2,1H3,(H,15,19)(H,17,18). The van der Waals surface area contributed by atoms with Crippen LogP contribution in [0.4, 0.5) is 4.79 Å². The number of urea groups is 1. The van der Waals surface area contributed by atoms with Crippen LogP contribution in [0.25, 0.3) is 0 Å². The third-order valence-corrected chi connectivity index (χ3v) is 5.27. The molecule has 0 aromatic carbocycles. The summed E-state index contributed by atoms with van der Waals surface area (Å²) in [6.45, 7) is 2.92. The van der Waals surface area contributed by atoms with Crippen molar-refractivity contribution in [2.45, 2.75) is 51.0 Å². The van der Waals surface area contributed by atoms with E-state index in [9.17, 15) is 14.7 Å². The van der Waals surface area contributed by atoms with Crippen LogP contribution in [-0.4, -0.2) is 40.6 Å². The average molecular weight is 266 g/mol. The maximum Gasteiger partial charge on any atom is 0.329 e. The molecule has 3 aliphatic rings. The van der Waals surface area contributed by atoms with Crippen molar-refractivity contribution in [3.63, 3.8) is 0 Å². The topological polar surface area (TPSA) is 69.6 Å². The molecule has 2 N–H and O–H groups in total. The van der Waals surface area contributed by atoms with E-state index in [0.29, 0.717) is 18.4 Å². The van der Waals surface area contributed by atoms with Crippen molar-refractivity contribution >= 4 is 12.0 Å². The highest BCUT2D eigenvalue weighted by Crippen LogP contribution is 2.60. The molecule has 0 bridgehead atoms. The zero-order valence-corrected chi connectivity index (χ0v) is 11.4. The summed E-state index contributed by atoms with van der Waals surface area (Å²) in [5.74, 6) is -0.0966. The predicted octanol–water partition coefficient (Wildman–Crippen LogP) is 1.83. The molecule has 2 aliphatic carbocycles. The summed E-state index contributed by atoms with van der Waals surface area (Å²) in [4.78, 5) is 25.1. The van der Waals surface area contributed by atoms with Crippen molar-refractivity contribution in [2.24, 2.45) is 11.3 Å². The molecule has 0 aromatic heterocycles. The van der Waals surface area contributed by atoms with E-state index >= 15 is 0 Å². The number of nitrogens with zero attached hydrogens (tertiary/aromatic N) is 1. The van der Waals surface area contributed by atoms with Gasteiger partial charge in [0, 0.05) is 13.1 Å². The van der Waals surface area contributed by atoms with Crippen LogP contribution < -0.4 is 5.32 Å². The number of amides is 2. The lowest BCUT2D eigenvalue weighted by atomic mass is 9.99. The van der Waals surface area contributed by atoms with Gasteiger partial charge in [0.25, 0.3) is 0 Å². The first-order chi connectivity index (χ1) is 8.98. The Morgan fingerprint density at radius 3 is 2.53 bits per heavy atom. The van der Waals surface area contributed by atoms with Gasteiger partial charge in [-0.25, -0.2) is 9.59 Å². The zero-order valence-electron chi connectivity index (χ0n) is 11.4. The summed E-state index contributed by atoms with van der Waals surface area (Å²) in [5.41, 5.74) is -0.671. The number of nitrogens with one attached hydrogen (secondary N) is 1. The van der Waals surface area contributed by atoms with Crippen molar-refractivity contribution in [3.05, 3.63) is 0 Å². The second-order valence-electron chi connectivity index (χ2n) is 6.63. The highest BCUT2D eigenvalue weighted by Gasteiger charge is 2.54. The molecule has 2 amide bonds. The molecule has 3 rings (SSSR count). The molecule has 1 unspecified atom stereocenters. The van der Waals surface area contributed by atoms with Gasteiger partial charge in [0.15, 0.2) is 0 Å². The van der Waals surface area contributed by atoms with E-state index in [1.807, 2.05) is 0 Å². The van der Waals surface area contributed by atoms with E-state index in [-0.39, 0.29) is 6.03 Å². The second-order valence-corrected chi connectivity index (χ2v) is 6.63. The number of carboxylic acids is 1. The SMILES string of the molecule is CC1(C(=O)O)CCCN1C(=O)NCC1(C2CC2)CC1. The Morgan fingerprint density at radius 1 is 1.32 bits per heavy atom. The van der Waals surface area contributed by atoms with E-state index in [2.05, 4.69) is 5.32 Å². The van der Waals surface area contributed by atoms with Gasteiger partial charge in [-0.3, -0.25) is 0 Å². The number of aliphatic carboxylic acids is 1. The van der Waals surface area contributed by atoms with Crippen LogP contribution in [-0.2, 0) is 4.79 Å². The minimum atomic E-state index is -1.03. The van der Waals surface area contributed by atoms with Crippen molar-refractivity contribution < 1.29 is 14.7 Å². The van der Waals surface area contributed by atoms with Gasteiger partial charge in [0.1, 0.15) is 5.54 Å². The van der Waals surface area contributed by atoms with Crippen molar-refractivity contribution in [3.8, 4) is 0 Å². The number of rotatable bonds is 4. The molecule has 3 fully saturated rings. The number of carboxylic acid groups (broad SMARTS) is 1. The molecule has 106 valence electrons. The van der Waals surface area contributed by atoms with E-state index in [4.69, 9.17) is 0 Å². The molecule has 0 radical (unpaired) electrons. The molecule has 5 heteroatoms. The Morgan fingerprint density at radius 2 is 2.00 bits per heavy atom. The maximum absolute atomic E-state index is 12.2. The minimum Gasteiger partial charge on any atom is -0.480 e. The van der Waals surface area contributed by atoms with Crippen LogP contribution in [0.1, 0.15) is 45.4 Å². The minimum absolute atomic E-state index is 0.200. The van der Waals surface area contributed by atoms with Gasteiger partial charge >= 0.3 is 12.0 Å². The molecule has 19 heavy (non-hydrogen) atoms. The largest absolute Gasteiger partial charge is 0.480 e. The van der Waals surface area contributed by atoms with E-state index < -0.39 is 11.5 Å². The predicted molar refractivity (Wildman–Crippen MR) is 69.8 cm³/mol. The number of carbonyl (C=O) groups excluding carboxylic acids is 1. The number of carbonyl (C=O) groups is 2. The van der Waals surface area contributed by atoms with Crippen LogP contribution in [0.3, 0.4) is 0 Å². The van der Waals surface area contributed by atoms with Gasteiger partial charge in [-0.05, 0) is 56.8 Å². The van der Waals surface area contributed by atoms with Crippen LogP contribution in [0.2, 0.25) is 0 Å². The fourth-order valence-electron chi connectivity index (χ4n) is 3.44. The Hall–Kier alpha value is -1.26. The van der Waals surface area contributed by atoms with Gasteiger partial charge in [0.05, 0.1) is 0 Å². The van der Waals surface area contributed by atoms with Crippen LogP contribution >= 0.6 is 0 Å². The normalized spacial score (nSPS) is 32.2. The third-order valence-electron chi connectivity index (χ3n) is 5.27. The summed E-state index contributed by atoms with van der Waals surface area (Å²) >= 11 is 0. The fraction of sp³-hybridized carbons (Fsp3) is 0.857. The van der Waals surface area contributed by atoms with Crippen LogP contribution in [0.15, 0.2) is 0 Å². The highest BCUT2D eigenvalue weighted by molar-refractivity contribution is 5.86. The molecule has 0 spiro atoms. The van der Waals surface area contributed by atoms with Crippen molar-refractivity contribution in [1.82, 2.24) is 10.2 Å². The Balaban J connectivity index is 1.59. The average Bonchev–Trinajstić information content (AvgIpc) is 3.24. The first kappa shape index (κ1) is 12.8. The summed E-state index contributed by atoms with van der Waals surface area (Å²) in [6.07, 6.45) is 6.34. The van der Waals surface area contributed by atoms with Gasteiger partial charge in [-0.2, -0.15) is 0 Å². The van der Waals surface area contributed by atoms with Crippen LogP contribution in [0.5, 0.6) is 0 Å². The van der Waals surface area contributed by atoms with Crippen LogP contribution in [0, 0.1) is 11.3 Å². The second kappa shape index (κ2) is 4.12. The summed E-state index contributed by atoms with van der Waals surface area (Å²) in [6, 6.07) is -0.200. The molecule has 1 heterocycles. The van der Waals surface area contributed by atoms with Gasteiger partial charge in [0.2, 0.25) is 0 Å². The number of hydrogen-bond acceptors (Lipinski definition) is 2. The molecule has 0 aromatic rings. The number of hydrogen-bond donors (Lipinski definition) is 2. The Kier molecular flexibility index (Phi) is 2.76. The Labute approximate surface area is 113 Å². The maximum atomic E-state index is 12.2. The molecule has 2 saturated carbocycles. The van der Waals surface area contributed by atoms with E-state index in [0.717, 1.165) is 18.9 Å². The lowest BCUT2D eigenvalue weighted by Crippen LogP contribution is -2.54. The lowest BCUT2D eigenvalue weighted by Gasteiger charge is -2.31. The fourth-order valence-corrected chi connectivity index (χ4v) is 3.44. The summed E-state index contributed by atoms with van der Waals surface area (Å²) < 4.78 is 0. The third kappa shape index (κ3) is 2.09. The summed E-state index contributed by atoms with van der Waals surface area (Å²) in [5, 5.41) is 12.3. The summed E-state index contributed by atoms with van der Waals surface area (Å²) in [7, 11) is 0. The first-order valence-corrected chi connectivity index (χ1v) is 7.27. The first-order valence-electron chi connectivity index (χ1n) is 7.27. The lowest BCUT2D eigenvalue weighted by molar-refractivity contribution is -0.147. The van der Waals surface area contributed by atoms with Crippen molar-refractivity contribution in [1.29, 1.82) is 0 Å². The molecular weight excluding hydrogens is 244 g/mol. The molecule has 1 saturated heterocycles. The Bertz CT molecular complexity index is 415. The van der Waals surface area contributed by atoms with Gasteiger partial charge in [-0.15, -0.1) is 0 Å². The zero-order chi connectivity index (χ0) is 13.7. The molecule has 1 atom stereocenters. The van der Waals surface area contributed by atoms with Gasteiger partial charge in [-0.1, -0.05) is 0 Å². The van der Waals surface area contributed by atoms with E-state index in [1.165, 1.54) is 30.6 Å². The molecular formula is C14H22N2O3. The molecule has 1 aliphatic heterocycles. The molecule has 5 nitrogen and oxygen atoms in total. The number of likely N-dealkylation sites (tertiary alicyclic amines) is 1. The van der Waals surface area contributed by atoms with Gasteiger partial charge < -0.3 is 15.3 Å².